The molecule has 32 heavy (non-hydrogen) atoms. The van der Waals surface area contributed by atoms with E-state index < -0.39 is 0 Å². The van der Waals surface area contributed by atoms with E-state index in [9.17, 15) is 9.18 Å². The quantitative estimate of drug-likeness (QED) is 0.457. The van der Waals surface area contributed by atoms with Crippen molar-refractivity contribution >= 4 is 44.3 Å². The summed E-state index contributed by atoms with van der Waals surface area (Å²) < 4.78 is 16.1. The van der Waals surface area contributed by atoms with Gasteiger partial charge in [0.05, 0.1) is 26.7 Å². The van der Waals surface area contributed by atoms with Crippen LogP contribution in [0.2, 0.25) is 5.02 Å². The molecule has 0 saturated carbocycles. The van der Waals surface area contributed by atoms with Gasteiger partial charge in [0.1, 0.15) is 5.82 Å². The number of halogens is 2. The number of anilines is 1. The Morgan fingerprint density at radius 1 is 1.16 bits per heavy atom. The molecule has 1 saturated heterocycles. The van der Waals surface area contributed by atoms with Crippen LogP contribution in [0.4, 0.5) is 9.52 Å². The smallest absolute Gasteiger partial charge is 0.253 e. The molecule has 164 valence electrons. The number of carbonyl (C=O) groups excluding carboxylic acids is 1. The van der Waals surface area contributed by atoms with E-state index in [0.29, 0.717) is 10.6 Å². The third kappa shape index (κ3) is 3.96. The fourth-order valence-electron chi connectivity index (χ4n) is 3.94. The summed E-state index contributed by atoms with van der Waals surface area (Å²) in [5.74, 6) is -0.415. The van der Waals surface area contributed by atoms with Crippen LogP contribution in [0.5, 0.6) is 0 Å². The van der Waals surface area contributed by atoms with Gasteiger partial charge in [-0.25, -0.2) is 9.07 Å². The van der Waals surface area contributed by atoms with E-state index in [1.54, 1.807) is 40.3 Å². The van der Waals surface area contributed by atoms with Gasteiger partial charge < -0.3 is 10.2 Å². The Morgan fingerprint density at radius 2 is 1.88 bits per heavy atom. The van der Waals surface area contributed by atoms with E-state index >= 15 is 0 Å². The minimum atomic E-state index is -0.280. The maximum absolute atomic E-state index is 13.3. The summed E-state index contributed by atoms with van der Waals surface area (Å²) in [6.45, 7) is 3.56. The molecule has 1 fully saturated rings. The van der Waals surface area contributed by atoms with Crippen molar-refractivity contribution in [3.63, 3.8) is 0 Å². The molecule has 5 rings (SSSR count). The third-order valence-electron chi connectivity index (χ3n) is 5.67. The number of amides is 1. The molecule has 3 heterocycles. The molecule has 6 nitrogen and oxygen atoms in total. The van der Waals surface area contributed by atoms with Crippen molar-refractivity contribution in [3.05, 3.63) is 70.6 Å². The lowest BCUT2D eigenvalue weighted by atomic mass is 10.0. The maximum Gasteiger partial charge on any atom is 0.253 e. The summed E-state index contributed by atoms with van der Waals surface area (Å²) in [6, 6.07) is 13.4. The summed E-state index contributed by atoms with van der Waals surface area (Å²) in [5, 5.41) is 9.08. The molecule has 2 aromatic carbocycles. The molecule has 1 amide bonds. The molecule has 9 heteroatoms. The zero-order valence-electron chi connectivity index (χ0n) is 17.4. The first-order valence-corrected chi connectivity index (χ1v) is 11.6. The van der Waals surface area contributed by atoms with Gasteiger partial charge in [0.15, 0.2) is 10.8 Å². The van der Waals surface area contributed by atoms with Crippen molar-refractivity contribution in [2.75, 3.05) is 18.0 Å². The third-order valence-corrected chi connectivity index (χ3v) is 7.21. The number of hydrogen-bond acceptors (Lipinski definition) is 5. The van der Waals surface area contributed by atoms with Gasteiger partial charge in [-0.1, -0.05) is 35.1 Å². The van der Waals surface area contributed by atoms with Crippen LogP contribution < -0.4 is 10.2 Å². The molecule has 1 N–H and O–H groups in total. The lowest BCUT2D eigenvalue weighted by molar-refractivity contribution is 0.0931. The van der Waals surface area contributed by atoms with Crippen LogP contribution in [0.15, 0.2) is 48.5 Å². The Labute approximate surface area is 193 Å². The lowest BCUT2D eigenvalue weighted by Crippen LogP contribution is -2.44. The average molecular weight is 470 g/mol. The lowest BCUT2D eigenvalue weighted by Gasteiger charge is -2.32. The summed E-state index contributed by atoms with van der Waals surface area (Å²) >= 11 is 7.76. The first-order valence-electron chi connectivity index (χ1n) is 10.4. The second-order valence-corrected chi connectivity index (χ2v) is 9.22. The monoisotopic (exact) mass is 469 g/mol. The molecule has 0 spiro atoms. The second kappa shape index (κ2) is 8.52. The average Bonchev–Trinajstić information content (AvgIpc) is 3.36. The van der Waals surface area contributed by atoms with Crippen LogP contribution in [-0.2, 0) is 0 Å². The largest absolute Gasteiger partial charge is 0.349 e. The Hall–Kier alpha value is -2.97. The zero-order chi connectivity index (χ0) is 22.2. The number of nitrogens with one attached hydrogen (secondary N) is 1. The molecule has 0 unspecified atom stereocenters. The number of nitrogens with zero attached hydrogens (tertiary/aromatic N) is 4. The zero-order valence-corrected chi connectivity index (χ0v) is 19.0. The van der Waals surface area contributed by atoms with Crippen molar-refractivity contribution in [1.82, 2.24) is 20.1 Å². The predicted octanol–water partition coefficient (Wildman–Crippen LogP) is 4.98. The van der Waals surface area contributed by atoms with Crippen LogP contribution in [0, 0.1) is 12.7 Å². The summed E-state index contributed by atoms with van der Waals surface area (Å²) in [5.41, 5.74) is 2.96. The van der Waals surface area contributed by atoms with Crippen LogP contribution in [-0.4, -0.2) is 39.8 Å². The summed E-state index contributed by atoms with van der Waals surface area (Å²) in [7, 11) is 0. The number of hydrogen-bond donors (Lipinski definition) is 1. The topological polar surface area (TPSA) is 63.1 Å². The first-order chi connectivity index (χ1) is 15.5. The number of thiazole rings is 1. The van der Waals surface area contributed by atoms with Gasteiger partial charge >= 0.3 is 0 Å². The van der Waals surface area contributed by atoms with Gasteiger partial charge in [-0.05, 0) is 56.2 Å². The van der Waals surface area contributed by atoms with Gasteiger partial charge in [0.2, 0.25) is 0 Å². The second-order valence-electron chi connectivity index (χ2n) is 7.84. The van der Waals surface area contributed by atoms with Gasteiger partial charge in [-0.2, -0.15) is 10.1 Å². The van der Waals surface area contributed by atoms with Crippen LogP contribution in [0.3, 0.4) is 0 Å². The van der Waals surface area contributed by atoms with E-state index in [4.69, 9.17) is 16.6 Å². The fraction of sp³-hybridized carbons (Fsp3) is 0.261. The van der Waals surface area contributed by atoms with Gasteiger partial charge in [0, 0.05) is 19.1 Å². The predicted molar refractivity (Wildman–Crippen MR) is 126 cm³/mol. The maximum atomic E-state index is 13.3. The van der Waals surface area contributed by atoms with E-state index in [2.05, 4.69) is 15.3 Å². The highest BCUT2D eigenvalue weighted by Crippen LogP contribution is 2.33. The Bertz CT molecular complexity index is 1280. The molecule has 0 atom stereocenters. The summed E-state index contributed by atoms with van der Waals surface area (Å²) in [4.78, 5) is 19.6. The molecule has 0 bridgehead atoms. The number of piperidine rings is 1. The molecular formula is C23H21ClFN5OS. The van der Waals surface area contributed by atoms with E-state index in [0.717, 1.165) is 52.8 Å². The van der Waals surface area contributed by atoms with Crippen molar-refractivity contribution < 1.29 is 9.18 Å². The molecular weight excluding hydrogens is 449 g/mol. The molecule has 1 aliphatic heterocycles. The van der Waals surface area contributed by atoms with E-state index in [-0.39, 0.29) is 17.8 Å². The van der Waals surface area contributed by atoms with Crippen molar-refractivity contribution in [1.29, 1.82) is 0 Å². The highest BCUT2D eigenvalue weighted by molar-refractivity contribution is 7.22. The highest BCUT2D eigenvalue weighted by atomic mass is 35.5. The SMILES string of the molecule is Cc1nn(-c2ccc(F)cc2)c2nc(N3CCC(NC(=O)c4ccccc4Cl)CC3)sc12. The Kier molecular flexibility index (Phi) is 5.57. The number of rotatable bonds is 4. The summed E-state index contributed by atoms with van der Waals surface area (Å²) in [6.07, 6.45) is 1.66. The molecule has 4 aromatic rings. The van der Waals surface area contributed by atoms with E-state index in [1.807, 2.05) is 19.1 Å². The van der Waals surface area contributed by atoms with Crippen molar-refractivity contribution in [3.8, 4) is 5.69 Å². The van der Waals surface area contributed by atoms with Crippen LogP contribution >= 0.6 is 22.9 Å². The minimum absolute atomic E-state index is 0.0980. The van der Waals surface area contributed by atoms with Crippen LogP contribution in [0.1, 0.15) is 28.9 Å². The normalized spacial score (nSPS) is 14.8. The molecule has 0 aliphatic carbocycles. The Balaban J connectivity index is 1.29. The minimum Gasteiger partial charge on any atom is -0.349 e. The molecule has 2 aromatic heterocycles. The number of aryl methyl sites for hydroxylation is 1. The molecule has 1 aliphatic rings. The number of benzene rings is 2. The Morgan fingerprint density at radius 3 is 2.59 bits per heavy atom. The molecule has 0 radical (unpaired) electrons. The number of carbonyl (C=O) groups is 1. The number of fused-ring (bicyclic) bond motifs is 1. The van der Waals surface area contributed by atoms with Crippen LogP contribution in [0.25, 0.3) is 16.0 Å². The highest BCUT2D eigenvalue weighted by Gasteiger charge is 2.25. The van der Waals surface area contributed by atoms with Crippen molar-refractivity contribution in [2.45, 2.75) is 25.8 Å². The van der Waals surface area contributed by atoms with Gasteiger partial charge in [-0.3, -0.25) is 4.79 Å². The van der Waals surface area contributed by atoms with Gasteiger partial charge in [-0.15, -0.1) is 0 Å². The van der Waals surface area contributed by atoms with Crippen molar-refractivity contribution in [2.24, 2.45) is 0 Å². The van der Waals surface area contributed by atoms with E-state index in [1.165, 1.54) is 12.1 Å². The number of aromatic nitrogens is 3. The van der Waals surface area contributed by atoms with Gasteiger partial charge in [0.25, 0.3) is 5.91 Å². The first kappa shape index (κ1) is 20.9. The standard InChI is InChI=1S/C23H21ClFN5OS/c1-14-20-21(30(28-14)17-8-6-15(25)7-9-17)27-23(32-20)29-12-10-16(11-13-29)26-22(31)18-4-2-3-5-19(18)24/h2-9,16H,10-13H2,1H3,(H,26,31). The fourth-order valence-corrected chi connectivity index (χ4v) is 5.20.